The first-order valence-electron chi connectivity index (χ1n) is 3.81. The number of hydrogen-bond donors (Lipinski definition) is 1. The van der Waals surface area contributed by atoms with E-state index in [0.29, 0.717) is 10.5 Å². The molecule has 0 saturated heterocycles. The van der Waals surface area contributed by atoms with E-state index in [-0.39, 0.29) is 0 Å². The monoisotopic (exact) mass is 227 g/mol. The minimum absolute atomic E-state index is 0.379. The van der Waals surface area contributed by atoms with Crippen LogP contribution >= 0.6 is 11.9 Å². The average molecular weight is 227 g/mol. The van der Waals surface area contributed by atoms with E-state index in [2.05, 4.69) is 4.13 Å². The van der Waals surface area contributed by atoms with Crippen LogP contribution in [0, 0.1) is 12.3 Å². The number of benzene rings is 1. The molecule has 1 N–H and O–H groups in total. The van der Waals surface area contributed by atoms with Gasteiger partial charge in [0.25, 0.3) is 0 Å². The summed E-state index contributed by atoms with van der Waals surface area (Å²) in [6.45, 7) is 0. The molecule has 1 aromatic rings. The fraction of sp³-hybridized carbons (Fsp3) is 0.111. The topological polar surface area (TPSA) is 35.1 Å². The van der Waals surface area contributed by atoms with Gasteiger partial charge in [-0.15, -0.1) is 6.42 Å². The van der Waals surface area contributed by atoms with Crippen LogP contribution in [0.5, 0.6) is 0 Å². The van der Waals surface area contributed by atoms with Crippen LogP contribution in [0.25, 0.3) is 0 Å². The number of nitrogens with one attached hydrogen (secondary N) is 1. The molecule has 1 aliphatic heterocycles. The molecule has 2 nitrogen and oxygen atoms in total. The Morgan fingerprint density at radius 1 is 1.64 bits per heavy atom. The first-order valence-corrected chi connectivity index (χ1v) is 5.77. The van der Waals surface area contributed by atoms with E-state index in [4.69, 9.17) is 6.42 Å². The number of rotatable bonds is 1. The van der Waals surface area contributed by atoms with Crippen LogP contribution in [0.1, 0.15) is 11.7 Å². The van der Waals surface area contributed by atoms with Crippen LogP contribution in [0.3, 0.4) is 0 Å². The lowest BCUT2D eigenvalue weighted by Crippen LogP contribution is -2.09. The molecule has 1 heterocycles. The quantitative estimate of drug-likeness (QED) is 0.452. The first-order chi connectivity index (χ1) is 6.72. The summed E-state index contributed by atoms with van der Waals surface area (Å²) in [5.74, 6) is 1.99. The zero-order valence-electron chi connectivity index (χ0n) is 6.99. The van der Waals surface area contributed by atoms with Gasteiger partial charge in [0, 0.05) is 23.6 Å². The summed E-state index contributed by atoms with van der Waals surface area (Å²) in [4.78, 5) is 1.46. The van der Waals surface area contributed by atoms with Crippen molar-refractivity contribution in [2.45, 2.75) is 16.0 Å². The Morgan fingerprint density at radius 3 is 3.14 bits per heavy atom. The Bertz CT molecular complexity index is 404. The van der Waals surface area contributed by atoms with E-state index in [0.717, 1.165) is 4.90 Å². The summed E-state index contributed by atoms with van der Waals surface area (Å²) in [6, 6.07) is 4.88. The minimum Gasteiger partial charge on any atom is -0.592 e. The maximum absolute atomic E-state index is 13.1. The third-order valence-electron chi connectivity index (χ3n) is 1.83. The SMILES string of the molecule is C#CC(F)c1ccc2c(c1)[S+]([O-])NS2. The molecule has 14 heavy (non-hydrogen) atoms. The van der Waals surface area contributed by atoms with E-state index < -0.39 is 17.5 Å². The van der Waals surface area contributed by atoms with Crippen LogP contribution in [0.15, 0.2) is 28.0 Å². The molecule has 1 aliphatic rings. The zero-order valence-corrected chi connectivity index (χ0v) is 8.62. The van der Waals surface area contributed by atoms with Gasteiger partial charge in [-0.05, 0) is 6.07 Å². The third kappa shape index (κ3) is 1.62. The van der Waals surface area contributed by atoms with Gasteiger partial charge in [0.2, 0.25) is 0 Å². The molecule has 0 spiro atoms. The second-order valence-electron chi connectivity index (χ2n) is 2.69. The minimum atomic E-state index is -1.43. The average Bonchev–Trinajstić information content (AvgIpc) is 2.59. The van der Waals surface area contributed by atoms with Crippen molar-refractivity contribution in [3.63, 3.8) is 0 Å². The van der Waals surface area contributed by atoms with Gasteiger partial charge in [0.15, 0.2) is 11.1 Å². The van der Waals surface area contributed by atoms with Crippen molar-refractivity contribution in [2.75, 3.05) is 0 Å². The smallest absolute Gasteiger partial charge is 0.190 e. The molecule has 1 aromatic carbocycles. The molecular weight excluding hydrogens is 221 g/mol. The number of alkyl halides is 1. The van der Waals surface area contributed by atoms with Crippen molar-refractivity contribution in [3.05, 3.63) is 23.8 Å². The second-order valence-corrected chi connectivity index (χ2v) is 4.98. The molecule has 0 saturated carbocycles. The predicted molar refractivity (Wildman–Crippen MR) is 54.5 cm³/mol. The number of terminal acetylenes is 1. The van der Waals surface area contributed by atoms with Gasteiger partial charge in [0.1, 0.15) is 0 Å². The van der Waals surface area contributed by atoms with Crippen LogP contribution in [0.2, 0.25) is 0 Å². The van der Waals surface area contributed by atoms with E-state index in [9.17, 15) is 8.94 Å². The fourth-order valence-electron chi connectivity index (χ4n) is 1.14. The van der Waals surface area contributed by atoms with Gasteiger partial charge in [-0.3, -0.25) is 0 Å². The van der Waals surface area contributed by atoms with E-state index in [1.165, 1.54) is 11.9 Å². The van der Waals surface area contributed by atoms with Gasteiger partial charge in [-0.1, -0.05) is 16.1 Å². The lowest BCUT2D eigenvalue weighted by Gasteiger charge is -2.03. The van der Waals surface area contributed by atoms with Gasteiger partial charge >= 0.3 is 0 Å². The second kappa shape index (κ2) is 3.83. The fourth-order valence-corrected chi connectivity index (χ4v) is 3.30. The summed E-state index contributed by atoms with van der Waals surface area (Å²) >= 11 is 0.0308. The summed E-state index contributed by atoms with van der Waals surface area (Å²) in [5.41, 5.74) is 0.379. The molecule has 2 rings (SSSR count). The highest BCUT2D eigenvalue weighted by Crippen LogP contribution is 2.34. The molecule has 0 aliphatic carbocycles. The molecule has 0 amide bonds. The number of halogens is 1. The van der Waals surface area contributed by atoms with Crippen molar-refractivity contribution in [1.29, 1.82) is 0 Å². The molecule has 72 valence electrons. The lowest BCUT2D eigenvalue weighted by molar-refractivity contribution is 0.427. The van der Waals surface area contributed by atoms with Gasteiger partial charge in [-0.25, -0.2) is 4.39 Å². The van der Waals surface area contributed by atoms with Crippen molar-refractivity contribution < 1.29 is 8.94 Å². The van der Waals surface area contributed by atoms with Crippen LogP contribution in [0.4, 0.5) is 4.39 Å². The molecule has 0 aromatic heterocycles. The van der Waals surface area contributed by atoms with Gasteiger partial charge in [0.05, 0.1) is 16.3 Å². The van der Waals surface area contributed by atoms with Gasteiger partial charge in [-0.2, -0.15) is 0 Å². The highest BCUT2D eigenvalue weighted by Gasteiger charge is 2.26. The van der Waals surface area contributed by atoms with Crippen LogP contribution in [-0.4, -0.2) is 4.55 Å². The summed E-state index contributed by atoms with van der Waals surface area (Å²) in [5, 5.41) is 0. The maximum Gasteiger partial charge on any atom is 0.190 e. The molecule has 0 radical (unpaired) electrons. The Kier molecular flexibility index (Phi) is 2.70. The van der Waals surface area contributed by atoms with Crippen molar-refractivity contribution in [1.82, 2.24) is 4.13 Å². The van der Waals surface area contributed by atoms with Gasteiger partial charge < -0.3 is 4.55 Å². The largest absolute Gasteiger partial charge is 0.592 e. The van der Waals surface area contributed by atoms with E-state index in [1.54, 1.807) is 18.2 Å². The van der Waals surface area contributed by atoms with Crippen LogP contribution < -0.4 is 4.13 Å². The number of fused-ring (bicyclic) bond motifs is 1. The van der Waals surface area contributed by atoms with Crippen LogP contribution in [-0.2, 0) is 11.4 Å². The maximum atomic E-state index is 13.1. The Morgan fingerprint density at radius 2 is 2.43 bits per heavy atom. The Hall–Kier alpha value is -0.670. The van der Waals surface area contributed by atoms with E-state index >= 15 is 0 Å². The van der Waals surface area contributed by atoms with Crippen molar-refractivity contribution in [3.8, 4) is 12.3 Å². The standard InChI is InChI=1S/C9H6FNOS2/c1-2-7(10)6-3-4-8-9(5-6)14(12)11-13-8/h1,3-5,7,11H. The molecule has 0 fully saturated rings. The lowest BCUT2D eigenvalue weighted by atomic mass is 10.1. The molecule has 0 bridgehead atoms. The number of hydrogen-bond acceptors (Lipinski definition) is 3. The highest BCUT2D eigenvalue weighted by atomic mass is 32.3. The van der Waals surface area contributed by atoms with E-state index in [1.807, 2.05) is 5.92 Å². The molecule has 2 unspecified atom stereocenters. The van der Waals surface area contributed by atoms with Crippen molar-refractivity contribution in [2.24, 2.45) is 0 Å². The molecule has 2 atom stereocenters. The Labute approximate surface area is 88.7 Å². The first kappa shape index (κ1) is 9.87. The zero-order chi connectivity index (χ0) is 10.1. The van der Waals surface area contributed by atoms with Crippen molar-refractivity contribution >= 4 is 23.3 Å². The normalized spacial score (nSPS) is 21.4. The third-order valence-corrected chi connectivity index (χ3v) is 4.21. The Balaban J connectivity index is 2.41. The predicted octanol–water partition coefficient (Wildman–Crippen LogP) is 1.96. The molecule has 5 heteroatoms. The summed E-state index contributed by atoms with van der Waals surface area (Å²) in [7, 11) is 0. The highest BCUT2D eigenvalue weighted by molar-refractivity contribution is 8.11. The summed E-state index contributed by atoms with van der Waals surface area (Å²) in [6.07, 6.45) is 3.53. The summed E-state index contributed by atoms with van der Waals surface area (Å²) < 4.78 is 27.1. The molecular formula is C9H6FNOS2.